The van der Waals surface area contributed by atoms with Crippen LogP contribution in [0.3, 0.4) is 0 Å². The molecule has 2 fully saturated rings. The van der Waals surface area contributed by atoms with E-state index >= 15 is 0 Å². The zero-order valence-electron chi connectivity index (χ0n) is 22.1. The maximum Gasteiger partial charge on any atom is 0.257 e. The second-order valence-corrected chi connectivity index (χ2v) is 9.70. The van der Waals surface area contributed by atoms with Gasteiger partial charge in [-0.15, -0.1) is 0 Å². The number of nitrogens with one attached hydrogen (secondary N) is 1. The van der Waals surface area contributed by atoms with Gasteiger partial charge in [-0.3, -0.25) is 14.5 Å². The Kier molecular flexibility index (Phi) is 9.24. The van der Waals surface area contributed by atoms with Gasteiger partial charge in [0.25, 0.3) is 5.91 Å². The SMILES string of the molecule is COc1ccc(OC)c(C(=O)N2CCN(CCOc3cccc(CN(C)C[C@H]4CCC(=O)N4)c3)CC2)c1. The van der Waals surface area contributed by atoms with Gasteiger partial charge >= 0.3 is 0 Å². The van der Waals surface area contributed by atoms with Gasteiger partial charge in [-0.2, -0.15) is 0 Å². The summed E-state index contributed by atoms with van der Waals surface area (Å²) in [4.78, 5) is 30.9. The Morgan fingerprint density at radius 2 is 1.86 bits per heavy atom. The van der Waals surface area contributed by atoms with E-state index < -0.39 is 0 Å². The minimum Gasteiger partial charge on any atom is -0.497 e. The number of carbonyl (C=O) groups is 2. The zero-order chi connectivity index (χ0) is 26.2. The van der Waals surface area contributed by atoms with Crippen molar-refractivity contribution in [1.82, 2.24) is 20.0 Å². The summed E-state index contributed by atoms with van der Waals surface area (Å²) in [5, 5.41) is 3.03. The van der Waals surface area contributed by atoms with Gasteiger partial charge in [-0.25, -0.2) is 0 Å². The Labute approximate surface area is 219 Å². The lowest BCUT2D eigenvalue weighted by Gasteiger charge is -2.34. The number of methoxy groups -OCH3 is 2. The van der Waals surface area contributed by atoms with Crippen LogP contribution in [0, 0.1) is 0 Å². The number of benzene rings is 2. The smallest absolute Gasteiger partial charge is 0.257 e. The van der Waals surface area contributed by atoms with Crippen molar-refractivity contribution in [3.63, 3.8) is 0 Å². The number of piperazine rings is 1. The van der Waals surface area contributed by atoms with E-state index in [0.717, 1.165) is 44.9 Å². The molecule has 4 rings (SSSR count). The van der Waals surface area contributed by atoms with Crippen LogP contribution >= 0.6 is 0 Å². The summed E-state index contributed by atoms with van der Waals surface area (Å²) in [6.07, 6.45) is 1.54. The molecule has 200 valence electrons. The number of amides is 2. The predicted molar refractivity (Wildman–Crippen MR) is 141 cm³/mol. The molecule has 2 aromatic rings. The third kappa shape index (κ3) is 7.36. The van der Waals surface area contributed by atoms with Gasteiger partial charge in [-0.05, 0) is 49.4 Å². The van der Waals surface area contributed by atoms with Crippen LogP contribution in [-0.2, 0) is 11.3 Å². The Morgan fingerprint density at radius 1 is 1.05 bits per heavy atom. The van der Waals surface area contributed by atoms with Crippen LogP contribution in [0.25, 0.3) is 0 Å². The van der Waals surface area contributed by atoms with Crippen LogP contribution in [0.4, 0.5) is 0 Å². The maximum absolute atomic E-state index is 13.1. The van der Waals surface area contributed by atoms with Crippen molar-refractivity contribution in [2.24, 2.45) is 0 Å². The van der Waals surface area contributed by atoms with Crippen molar-refractivity contribution >= 4 is 11.8 Å². The minimum atomic E-state index is -0.0382. The predicted octanol–water partition coefficient (Wildman–Crippen LogP) is 2.25. The molecule has 0 aliphatic carbocycles. The molecule has 0 saturated carbocycles. The lowest BCUT2D eigenvalue weighted by atomic mass is 10.1. The quantitative estimate of drug-likeness (QED) is 0.497. The molecule has 2 amide bonds. The van der Waals surface area contributed by atoms with Crippen LogP contribution in [0.2, 0.25) is 0 Å². The molecule has 2 saturated heterocycles. The summed E-state index contributed by atoms with van der Waals surface area (Å²) in [6.45, 7) is 5.94. The molecule has 1 N–H and O–H groups in total. The Hall–Kier alpha value is -3.30. The minimum absolute atomic E-state index is 0.0382. The number of rotatable bonds is 11. The molecular weight excluding hydrogens is 472 g/mol. The number of carbonyl (C=O) groups excluding carboxylic acids is 2. The largest absolute Gasteiger partial charge is 0.497 e. The van der Waals surface area contributed by atoms with Crippen molar-refractivity contribution in [2.45, 2.75) is 25.4 Å². The highest BCUT2D eigenvalue weighted by molar-refractivity contribution is 5.97. The molecule has 0 radical (unpaired) electrons. The van der Waals surface area contributed by atoms with Gasteiger partial charge in [-0.1, -0.05) is 12.1 Å². The molecule has 2 aliphatic heterocycles. The molecule has 2 aromatic carbocycles. The van der Waals surface area contributed by atoms with Crippen molar-refractivity contribution < 1.29 is 23.8 Å². The molecule has 2 heterocycles. The first-order valence-electron chi connectivity index (χ1n) is 12.9. The van der Waals surface area contributed by atoms with E-state index in [0.29, 0.717) is 43.2 Å². The standard InChI is InChI=1S/C28H38N4O5/c1-30(20-22-7-10-27(33)29-22)19-21-5-4-6-24(17-21)37-16-15-31-11-13-32(14-12-31)28(34)25-18-23(35-2)8-9-26(25)36-3/h4-6,8-9,17-18,22H,7,10-16,19-20H2,1-3H3,(H,29,33)/t22-/m1/s1. The molecule has 0 unspecified atom stereocenters. The first-order valence-corrected chi connectivity index (χ1v) is 12.9. The lowest BCUT2D eigenvalue weighted by Crippen LogP contribution is -2.49. The van der Waals surface area contributed by atoms with Crippen LogP contribution in [-0.4, -0.2) is 99.7 Å². The fourth-order valence-electron chi connectivity index (χ4n) is 4.92. The van der Waals surface area contributed by atoms with E-state index in [2.05, 4.69) is 34.3 Å². The van der Waals surface area contributed by atoms with E-state index in [-0.39, 0.29) is 17.9 Å². The molecule has 9 heteroatoms. The lowest BCUT2D eigenvalue weighted by molar-refractivity contribution is -0.119. The van der Waals surface area contributed by atoms with Crippen LogP contribution in [0.15, 0.2) is 42.5 Å². The van der Waals surface area contributed by atoms with Gasteiger partial charge in [0.2, 0.25) is 5.91 Å². The third-order valence-corrected chi connectivity index (χ3v) is 6.94. The highest BCUT2D eigenvalue weighted by Crippen LogP contribution is 2.26. The van der Waals surface area contributed by atoms with Crippen LogP contribution in [0.5, 0.6) is 17.2 Å². The van der Waals surface area contributed by atoms with Gasteiger partial charge < -0.3 is 29.3 Å². The van der Waals surface area contributed by atoms with Crippen molar-refractivity contribution in [3.05, 3.63) is 53.6 Å². The molecule has 9 nitrogen and oxygen atoms in total. The van der Waals surface area contributed by atoms with E-state index in [1.54, 1.807) is 32.4 Å². The normalized spacial score (nSPS) is 18.1. The number of ether oxygens (including phenoxy) is 3. The zero-order valence-corrected chi connectivity index (χ0v) is 22.1. The molecule has 1 atom stereocenters. The first-order chi connectivity index (χ1) is 17.9. The Bertz CT molecular complexity index is 1070. The summed E-state index contributed by atoms with van der Waals surface area (Å²) in [6, 6.07) is 13.7. The van der Waals surface area contributed by atoms with Crippen molar-refractivity contribution in [2.75, 3.05) is 67.1 Å². The van der Waals surface area contributed by atoms with Crippen molar-refractivity contribution in [3.8, 4) is 17.2 Å². The molecule has 0 spiro atoms. The first kappa shape index (κ1) is 26.8. The van der Waals surface area contributed by atoms with E-state index in [4.69, 9.17) is 14.2 Å². The average Bonchev–Trinajstić information content (AvgIpc) is 3.32. The van der Waals surface area contributed by atoms with E-state index in [1.807, 2.05) is 17.0 Å². The summed E-state index contributed by atoms with van der Waals surface area (Å²) in [5.41, 5.74) is 1.71. The van der Waals surface area contributed by atoms with Gasteiger partial charge in [0.05, 0.1) is 19.8 Å². The highest BCUT2D eigenvalue weighted by Gasteiger charge is 2.25. The third-order valence-electron chi connectivity index (χ3n) is 6.94. The summed E-state index contributed by atoms with van der Waals surface area (Å²) < 4.78 is 16.7. The fraction of sp³-hybridized carbons (Fsp3) is 0.500. The summed E-state index contributed by atoms with van der Waals surface area (Å²) >= 11 is 0. The van der Waals surface area contributed by atoms with E-state index in [9.17, 15) is 9.59 Å². The number of nitrogens with zero attached hydrogens (tertiary/aromatic N) is 3. The van der Waals surface area contributed by atoms with Crippen molar-refractivity contribution in [1.29, 1.82) is 0 Å². The Balaban J connectivity index is 1.20. The van der Waals surface area contributed by atoms with Crippen LogP contribution in [0.1, 0.15) is 28.8 Å². The highest BCUT2D eigenvalue weighted by atomic mass is 16.5. The Morgan fingerprint density at radius 3 is 2.57 bits per heavy atom. The number of hydrogen-bond donors (Lipinski definition) is 1. The molecule has 2 aliphatic rings. The molecule has 0 aromatic heterocycles. The maximum atomic E-state index is 13.1. The number of likely N-dealkylation sites (N-methyl/N-ethyl adjacent to an activating group) is 1. The monoisotopic (exact) mass is 510 g/mol. The summed E-state index contributed by atoms with van der Waals surface area (Å²) in [5.74, 6) is 2.17. The number of hydrogen-bond acceptors (Lipinski definition) is 7. The molecule has 0 bridgehead atoms. The fourth-order valence-corrected chi connectivity index (χ4v) is 4.92. The molecular formula is C28H38N4O5. The summed E-state index contributed by atoms with van der Waals surface area (Å²) in [7, 11) is 5.24. The van der Waals surface area contributed by atoms with Gasteiger partial charge in [0.15, 0.2) is 0 Å². The average molecular weight is 511 g/mol. The second kappa shape index (κ2) is 12.8. The second-order valence-electron chi connectivity index (χ2n) is 9.70. The van der Waals surface area contributed by atoms with Gasteiger partial charge in [0, 0.05) is 58.3 Å². The van der Waals surface area contributed by atoms with Crippen LogP contribution < -0.4 is 19.5 Å². The van der Waals surface area contributed by atoms with E-state index in [1.165, 1.54) is 5.56 Å². The van der Waals surface area contributed by atoms with Gasteiger partial charge in [0.1, 0.15) is 23.9 Å². The molecule has 37 heavy (non-hydrogen) atoms. The topological polar surface area (TPSA) is 83.6 Å².